The molecule has 0 fully saturated rings. The standard InChI is InChI=1S/C16H16N2/c1-10-8-12(3)15-14(9-10)17-16(18-15)13-7-5-4-6-11(13)2/h4-9H,1-3H3,(H,17,18). The SMILES string of the molecule is Cc1cc(C)c2nc(-c3ccccc3C)[nH]c2c1. The van der Waals surface area contributed by atoms with Gasteiger partial charge in [0, 0.05) is 5.56 Å². The van der Waals surface area contributed by atoms with Crippen LogP contribution in [-0.2, 0) is 0 Å². The lowest BCUT2D eigenvalue weighted by molar-refractivity contribution is 1.30. The lowest BCUT2D eigenvalue weighted by Gasteiger charge is -2.00. The monoisotopic (exact) mass is 236 g/mol. The maximum atomic E-state index is 4.73. The van der Waals surface area contributed by atoms with E-state index in [2.05, 4.69) is 56.1 Å². The van der Waals surface area contributed by atoms with Crippen molar-refractivity contribution in [2.24, 2.45) is 0 Å². The number of nitrogens with one attached hydrogen (secondary N) is 1. The summed E-state index contributed by atoms with van der Waals surface area (Å²) < 4.78 is 0. The fraction of sp³-hybridized carbons (Fsp3) is 0.188. The molecule has 0 radical (unpaired) electrons. The van der Waals surface area contributed by atoms with Crippen LogP contribution in [0.5, 0.6) is 0 Å². The van der Waals surface area contributed by atoms with Crippen LogP contribution in [0.3, 0.4) is 0 Å². The van der Waals surface area contributed by atoms with Crippen molar-refractivity contribution >= 4 is 11.0 Å². The quantitative estimate of drug-likeness (QED) is 0.675. The Labute approximate surface area is 107 Å². The number of hydrogen-bond donors (Lipinski definition) is 1. The number of imidazole rings is 1. The van der Waals surface area contributed by atoms with Gasteiger partial charge < -0.3 is 4.98 Å². The van der Waals surface area contributed by atoms with Crippen LogP contribution in [0.2, 0.25) is 0 Å². The third-order valence-electron chi connectivity index (χ3n) is 3.32. The van der Waals surface area contributed by atoms with E-state index in [1.807, 2.05) is 6.07 Å². The van der Waals surface area contributed by atoms with Gasteiger partial charge in [-0.15, -0.1) is 0 Å². The van der Waals surface area contributed by atoms with Gasteiger partial charge in [-0.05, 0) is 43.5 Å². The maximum absolute atomic E-state index is 4.73. The van der Waals surface area contributed by atoms with Crippen LogP contribution in [0.1, 0.15) is 16.7 Å². The van der Waals surface area contributed by atoms with E-state index in [-0.39, 0.29) is 0 Å². The molecule has 3 rings (SSSR count). The molecule has 0 aliphatic carbocycles. The summed E-state index contributed by atoms with van der Waals surface area (Å²) in [7, 11) is 0. The van der Waals surface area contributed by atoms with E-state index in [1.54, 1.807) is 0 Å². The second-order valence-corrected chi connectivity index (χ2v) is 4.88. The molecule has 1 aromatic heterocycles. The predicted octanol–water partition coefficient (Wildman–Crippen LogP) is 4.16. The van der Waals surface area contributed by atoms with Gasteiger partial charge in [0.1, 0.15) is 5.82 Å². The fourth-order valence-electron chi connectivity index (χ4n) is 2.44. The van der Waals surface area contributed by atoms with Crippen molar-refractivity contribution in [1.29, 1.82) is 0 Å². The summed E-state index contributed by atoms with van der Waals surface area (Å²) in [6, 6.07) is 12.6. The molecule has 1 heterocycles. The van der Waals surface area contributed by atoms with Crippen LogP contribution >= 0.6 is 0 Å². The molecule has 18 heavy (non-hydrogen) atoms. The molecule has 90 valence electrons. The number of aromatic amines is 1. The molecule has 0 saturated carbocycles. The highest BCUT2D eigenvalue weighted by atomic mass is 14.9. The van der Waals surface area contributed by atoms with Crippen LogP contribution in [-0.4, -0.2) is 9.97 Å². The Hall–Kier alpha value is -2.09. The molecule has 2 nitrogen and oxygen atoms in total. The van der Waals surface area contributed by atoms with Crippen molar-refractivity contribution in [3.8, 4) is 11.4 Å². The molecular formula is C16H16N2. The van der Waals surface area contributed by atoms with Gasteiger partial charge >= 0.3 is 0 Å². The first-order valence-corrected chi connectivity index (χ1v) is 6.18. The molecule has 0 spiro atoms. The number of aryl methyl sites for hydroxylation is 3. The number of aromatic nitrogens is 2. The third-order valence-corrected chi connectivity index (χ3v) is 3.32. The van der Waals surface area contributed by atoms with Gasteiger partial charge in [0.05, 0.1) is 11.0 Å². The molecule has 0 atom stereocenters. The van der Waals surface area contributed by atoms with E-state index < -0.39 is 0 Å². The number of fused-ring (bicyclic) bond motifs is 1. The minimum Gasteiger partial charge on any atom is -0.338 e. The van der Waals surface area contributed by atoms with Crippen molar-refractivity contribution < 1.29 is 0 Å². The zero-order valence-electron chi connectivity index (χ0n) is 10.9. The van der Waals surface area contributed by atoms with Crippen LogP contribution < -0.4 is 0 Å². The summed E-state index contributed by atoms with van der Waals surface area (Å²) in [4.78, 5) is 8.15. The van der Waals surface area contributed by atoms with Crippen molar-refractivity contribution in [3.05, 3.63) is 53.1 Å². The molecule has 0 bridgehead atoms. The third kappa shape index (κ3) is 1.70. The first kappa shape index (κ1) is 11.0. The van der Waals surface area contributed by atoms with Gasteiger partial charge in [-0.2, -0.15) is 0 Å². The van der Waals surface area contributed by atoms with Gasteiger partial charge in [-0.3, -0.25) is 0 Å². The zero-order valence-corrected chi connectivity index (χ0v) is 10.9. The summed E-state index contributed by atoms with van der Waals surface area (Å²) in [5.41, 5.74) is 7.09. The van der Waals surface area contributed by atoms with Crippen LogP contribution in [0.15, 0.2) is 36.4 Å². The summed E-state index contributed by atoms with van der Waals surface area (Å²) in [6.07, 6.45) is 0. The Morgan fingerprint density at radius 1 is 0.944 bits per heavy atom. The van der Waals surface area contributed by atoms with E-state index in [0.717, 1.165) is 16.9 Å². The predicted molar refractivity (Wildman–Crippen MR) is 75.7 cm³/mol. The van der Waals surface area contributed by atoms with E-state index in [1.165, 1.54) is 22.3 Å². The van der Waals surface area contributed by atoms with Crippen molar-refractivity contribution in [1.82, 2.24) is 9.97 Å². The summed E-state index contributed by atoms with van der Waals surface area (Å²) in [5, 5.41) is 0. The average molecular weight is 236 g/mol. The molecule has 1 N–H and O–H groups in total. The first-order chi connectivity index (χ1) is 8.65. The minimum absolute atomic E-state index is 0.955. The smallest absolute Gasteiger partial charge is 0.138 e. The molecule has 0 saturated heterocycles. The lowest BCUT2D eigenvalue weighted by Crippen LogP contribution is -1.84. The second kappa shape index (κ2) is 3.98. The molecule has 3 aromatic rings. The number of H-pyrrole nitrogens is 1. The molecule has 0 aliphatic rings. The Balaban J connectivity index is 2.26. The van der Waals surface area contributed by atoms with Crippen molar-refractivity contribution in [2.45, 2.75) is 20.8 Å². The van der Waals surface area contributed by atoms with Crippen LogP contribution in [0.25, 0.3) is 22.4 Å². The normalized spacial score (nSPS) is 11.1. The average Bonchev–Trinajstić information content (AvgIpc) is 2.73. The Kier molecular flexibility index (Phi) is 2.44. The largest absolute Gasteiger partial charge is 0.338 e. The molecule has 0 amide bonds. The highest BCUT2D eigenvalue weighted by molar-refractivity contribution is 5.83. The first-order valence-electron chi connectivity index (χ1n) is 6.18. The zero-order chi connectivity index (χ0) is 12.7. The summed E-state index contributed by atoms with van der Waals surface area (Å²) >= 11 is 0. The molecular weight excluding hydrogens is 220 g/mol. The van der Waals surface area contributed by atoms with E-state index in [4.69, 9.17) is 4.98 Å². The van der Waals surface area contributed by atoms with Gasteiger partial charge in [-0.1, -0.05) is 30.3 Å². The van der Waals surface area contributed by atoms with E-state index >= 15 is 0 Å². The van der Waals surface area contributed by atoms with Gasteiger partial charge in [-0.25, -0.2) is 4.98 Å². The van der Waals surface area contributed by atoms with Crippen molar-refractivity contribution in [2.75, 3.05) is 0 Å². The lowest BCUT2D eigenvalue weighted by atomic mass is 10.1. The Morgan fingerprint density at radius 3 is 2.50 bits per heavy atom. The molecule has 0 aliphatic heterocycles. The number of benzene rings is 2. The van der Waals surface area contributed by atoms with E-state index in [9.17, 15) is 0 Å². The molecule has 2 heteroatoms. The maximum Gasteiger partial charge on any atom is 0.138 e. The topological polar surface area (TPSA) is 28.7 Å². The number of nitrogens with zero attached hydrogens (tertiary/aromatic N) is 1. The summed E-state index contributed by atoms with van der Waals surface area (Å²) in [5.74, 6) is 0.955. The van der Waals surface area contributed by atoms with Gasteiger partial charge in [0.15, 0.2) is 0 Å². The number of hydrogen-bond acceptors (Lipinski definition) is 1. The minimum atomic E-state index is 0.955. The second-order valence-electron chi connectivity index (χ2n) is 4.88. The highest BCUT2D eigenvalue weighted by Crippen LogP contribution is 2.25. The van der Waals surface area contributed by atoms with Gasteiger partial charge in [0.25, 0.3) is 0 Å². The molecule has 0 unspecified atom stereocenters. The van der Waals surface area contributed by atoms with Crippen LogP contribution in [0.4, 0.5) is 0 Å². The van der Waals surface area contributed by atoms with E-state index in [0.29, 0.717) is 0 Å². The Morgan fingerprint density at radius 2 is 1.72 bits per heavy atom. The van der Waals surface area contributed by atoms with Crippen molar-refractivity contribution in [3.63, 3.8) is 0 Å². The van der Waals surface area contributed by atoms with Crippen LogP contribution in [0, 0.1) is 20.8 Å². The van der Waals surface area contributed by atoms with Gasteiger partial charge in [0.2, 0.25) is 0 Å². The fourth-order valence-corrected chi connectivity index (χ4v) is 2.44. The number of rotatable bonds is 1. The Bertz CT molecular complexity index is 723. The highest BCUT2D eigenvalue weighted by Gasteiger charge is 2.09. The molecule has 2 aromatic carbocycles. The summed E-state index contributed by atoms with van der Waals surface area (Å²) in [6.45, 7) is 6.33.